The van der Waals surface area contributed by atoms with E-state index in [0.29, 0.717) is 22.5 Å². The van der Waals surface area contributed by atoms with Gasteiger partial charge in [0.2, 0.25) is 0 Å². The molecule has 0 saturated heterocycles. The molecule has 0 atom stereocenters. The van der Waals surface area contributed by atoms with E-state index in [1.165, 1.54) is 6.07 Å². The second-order valence-corrected chi connectivity index (χ2v) is 4.87. The molecule has 5 nitrogen and oxygen atoms in total. The number of carbonyl (C=O) groups is 2. The number of rotatable bonds is 4. The summed E-state index contributed by atoms with van der Waals surface area (Å²) in [6.45, 7) is 3.63. The second-order valence-electron chi connectivity index (χ2n) is 4.87. The fourth-order valence-corrected chi connectivity index (χ4v) is 2.06. The van der Waals surface area contributed by atoms with Gasteiger partial charge >= 0.3 is 5.97 Å². The van der Waals surface area contributed by atoms with Gasteiger partial charge in [-0.2, -0.15) is 0 Å². The van der Waals surface area contributed by atoms with Crippen molar-refractivity contribution in [3.8, 4) is 0 Å². The fraction of sp³-hybridized carbons (Fsp3) is 0.125. The molecule has 0 radical (unpaired) electrons. The molecule has 0 spiro atoms. The Bertz CT molecular complexity index is 723. The molecule has 0 aromatic heterocycles. The first-order chi connectivity index (χ1) is 9.88. The third-order valence-corrected chi connectivity index (χ3v) is 3.19. The van der Waals surface area contributed by atoms with E-state index < -0.39 is 11.9 Å². The zero-order valence-corrected chi connectivity index (χ0v) is 11.8. The average molecular weight is 284 g/mol. The maximum atomic E-state index is 11.4. The van der Waals surface area contributed by atoms with Crippen molar-refractivity contribution in [2.45, 2.75) is 13.8 Å². The Balaban J connectivity index is 2.43. The van der Waals surface area contributed by atoms with E-state index >= 15 is 0 Å². The molecular weight excluding hydrogens is 268 g/mol. The molecule has 0 saturated carbocycles. The highest BCUT2D eigenvalue weighted by atomic mass is 16.4. The molecule has 0 aliphatic rings. The number of benzene rings is 2. The highest BCUT2D eigenvalue weighted by Crippen LogP contribution is 2.24. The summed E-state index contributed by atoms with van der Waals surface area (Å²) in [5.41, 5.74) is 8.71. The van der Waals surface area contributed by atoms with Gasteiger partial charge in [-0.05, 0) is 49.2 Å². The molecule has 21 heavy (non-hydrogen) atoms. The summed E-state index contributed by atoms with van der Waals surface area (Å²) in [5.74, 6) is -1.53. The first-order valence-electron chi connectivity index (χ1n) is 6.40. The molecule has 2 aromatic carbocycles. The van der Waals surface area contributed by atoms with Crippen LogP contribution in [0.1, 0.15) is 31.8 Å². The molecule has 108 valence electrons. The van der Waals surface area contributed by atoms with Crippen molar-refractivity contribution in [3.63, 3.8) is 0 Å². The number of carbonyl (C=O) groups excluding carboxylic acids is 1. The van der Waals surface area contributed by atoms with Crippen molar-refractivity contribution in [2.24, 2.45) is 5.73 Å². The Morgan fingerprint density at radius 1 is 1.05 bits per heavy atom. The first kappa shape index (κ1) is 14.6. The Kier molecular flexibility index (Phi) is 3.93. The quantitative estimate of drug-likeness (QED) is 0.805. The van der Waals surface area contributed by atoms with Crippen molar-refractivity contribution >= 4 is 23.3 Å². The first-order valence-corrected chi connectivity index (χ1v) is 6.40. The van der Waals surface area contributed by atoms with Gasteiger partial charge in [0.15, 0.2) is 0 Å². The Labute approximate surface area is 122 Å². The summed E-state index contributed by atoms with van der Waals surface area (Å²) in [6, 6.07) is 10.2. The van der Waals surface area contributed by atoms with E-state index in [2.05, 4.69) is 5.32 Å². The van der Waals surface area contributed by atoms with Crippen LogP contribution in [0.3, 0.4) is 0 Å². The van der Waals surface area contributed by atoms with Crippen molar-refractivity contribution < 1.29 is 14.7 Å². The van der Waals surface area contributed by atoms with Crippen LogP contribution in [0, 0.1) is 13.8 Å². The summed E-state index contributed by atoms with van der Waals surface area (Å²) in [6.07, 6.45) is 0. The van der Waals surface area contributed by atoms with Crippen LogP contribution in [0.4, 0.5) is 11.4 Å². The molecule has 0 aliphatic heterocycles. The van der Waals surface area contributed by atoms with Gasteiger partial charge in [-0.3, -0.25) is 4.79 Å². The Hall–Kier alpha value is -2.82. The summed E-state index contributed by atoms with van der Waals surface area (Å²) in [7, 11) is 0. The van der Waals surface area contributed by atoms with Gasteiger partial charge in [0.05, 0.1) is 16.8 Å². The van der Waals surface area contributed by atoms with Crippen LogP contribution >= 0.6 is 0 Å². The molecule has 0 bridgehead atoms. The van der Waals surface area contributed by atoms with Gasteiger partial charge in [0.25, 0.3) is 5.91 Å². The number of amides is 1. The predicted molar refractivity (Wildman–Crippen MR) is 81.1 cm³/mol. The maximum Gasteiger partial charge on any atom is 0.336 e. The minimum atomic E-state index is -0.990. The minimum Gasteiger partial charge on any atom is -0.478 e. The maximum absolute atomic E-state index is 11.4. The number of aromatic carboxylic acids is 1. The highest BCUT2D eigenvalue weighted by Gasteiger charge is 2.11. The zero-order valence-electron chi connectivity index (χ0n) is 11.8. The normalized spacial score (nSPS) is 10.2. The number of carboxylic acid groups (broad SMARTS) is 1. The van der Waals surface area contributed by atoms with Crippen molar-refractivity contribution in [1.82, 2.24) is 0 Å². The molecular formula is C16H16N2O3. The van der Waals surface area contributed by atoms with Crippen molar-refractivity contribution in [1.29, 1.82) is 0 Å². The van der Waals surface area contributed by atoms with Crippen LogP contribution in [0.5, 0.6) is 0 Å². The minimum absolute atomic E-state index is 0.216. The third-order valence-electron chi connectivity index (χ3n) is 3.19. The lowest BCUT2D eigenvalue weighted by Gasteiger charge is -2.12. The SMILES string of the molecule is Cc1ccc(C(N)=O)c(Nc2ccc(C)c(C(=O)O)c2)c1. The van der Waals surface area contributed by atoms with E-state index in [1.54, 1.807) is 37.3 Å². The monoisotopic (exact) mass is 284 g/mol. The van der Waals surface area contributed by atoms with Crippen LogP contribution in [0.15, 0.2) is 36.4 Å². The van der Waals surface area contributed by atoms with E-state index in [1.807, 2.05) is 6.92 Å². The lowest BCUT2D eigenvalue weighted by atomic mass is 10.1. The summed E-state index contributed by atoms with van der Waals surface area (Å²) in [5, 5.41) is 12.2. The molecule has 0 unspecified atom stereocenters. The van der Waals surface area contributed by atoms with Crippen LogP contribution in [0.25, 0.3) is 0 Å². The number of hydrogen-bond acceptors (Lipinski definition) is 3. The third kappa shape index (κ3) is 3.20. The molecule has 1 amide bonds. The van der Waals surface area contributed by atoms with Crippen LogP contribution in [-0.2, 0) is 0 Å². The number of hydrogen-bond donors (Lipinski definition) is 3. The van der Waals surface area contributed by atoms with Crippen LogP contribution in [-0.4, -0.2) is 17.0 Å². The number of aryl methyl sites for hydroxylation is 2. The molecule has 5 heteroatoms. The number of carboxylic acids is 1. The number of nitrogens with one attached hydrogen (secondary N) is 1. The highest BCUT2D eigenvalue weighted by molar-refractivity contribution is 5.99. The molecule has 2 aromatic rings. The molecule has 2 rings (SSSR count). The van der Waals surface area contributed by atoms with Crippen LogP contribution in [0.2, 0.25) is 0 Å². The van der Waals surface area contributed by atoms with Crippen molar-refractivity contribution in [2.75, 3.05) is 5.32 Å². The van der Waals surface area contributed by atoms with E-state index in [-0.39, 0.29) is 5.56 Å². The Morgan fingerprint density at radius 3 is 2.38 bits per heavy atom. The molecule has 4 N–H and O–H groups in total. The molecule has 0 aliphatic carbocycles. The predicted octanol–water partition coefficient (Wildman–Crippen LogP) is 2.84. The largest absolute Gasteiger partial charge is 0.478 e. The van der Waals surface area contributed by atoms with E-state index in [9.17, 15) is 9.59 Å². The summed E-state index contributed by atoms with van der Waals surface area (Å²) >= 11 is 0. The lowest BCUT2D eigenvalue weighted by molar-refractivity contribution is 0.0696. The lowest BCUT2D eigenvalue weighted by Crippen LogP contribution is -2.13. The topological polar surface area (TPSA) is 92.4 Å². The zero-order chi connectivity index (χ0) is 15.6. The number of anilines is 2. The van der Waals surface area contributed by atoms with E-state index in [0.717, 1.165) is 5.56 Å². The number of nitrogens with two attached hydrogens (primary N) is 1. The Morgan fingerprint density at radius 2 is 1.76 bits per heavy atom. The van der Waals surface area contributed by atoms with E-state index in [4.69, 9.17) is 10.8 Å². The van der Waals surface area contributed by atoms with Crippen molar-refractivity contribution in [3.05, 3.63) is 58.7 Å². The standard InChI is InChI=1S/C16H16N2O3/c1-9-3-6-12(15(17)19)14(7-9)18-11-5-4-10(2)13(8-11)16(20)21/h3-8,18H,1-2H3,(H2,17,19)(H,20,21). The van der Waals surface area contributed by atoms with Gasteiger partial charge in [0.1, 0.15) is 0 Å². The number of primary amides is 1. The molecule has 0 heterocycles. The van der Waals surface area contributed by atoms with Gasteiger partial charge in [-0.25, -0.2) is 4.79 Å². The fourth-order valence-electron chi connectivity index (χ4n) is 2.06. The summed E-state index contributed by atoms with van der Waals surface area (Å²) < 4.78 is 0. The smallest absolute Gasteiger partial charge is 0.336 e. The van der Waals surface area contributed by atoms with Gasteiger partial charge in [-0.1, -0.05) is 12.1 Å². The second kappa shape index (κ2) is 5.66. The van der Waals surface area contributed by atoms with Gasteiger partial charge in [0, 0.05) is 5.69 Å². The van der Waals surface area contributed by atoms with Gasteiger partial charge < -0.3 is 16.2 Å². The molecule has 0 fully saturated rings. The van der Waals surface area contributed by atoms with Crippen LogP contribution < -0.4 is 11.1 Å². The average Bonchev–Trinajstić information content (AvgIpc) is 2.40. The summed E-state index contributed by atoms with van der Waals surface area (Å²) in [4.78, 5) is 22.6. The van der Waals surface area contributed by atoms with Gasteiger partial charge in [-0.15, -0.1) is 0 Å².